The minimum atomic E-state index is -0.412. The Balaban J connectivity index is 1.70. The molecule has 0 radical (unpaired) electrons. The fourth-order valence-electron chi connectivity index (χ4n) is 3.06. The first kappa shape index (κ1) is 19.6. The van der Waals surface area contributed by atoms with Gasteiger partial charge in [0.25, 0.3) is 5.91 Å². The number of carbonyl (C=O) groups is 1. The SMILES string of the molecule is CCc1cc(=O)oc2cc(OCC(=O)N(CC)Cc3cccc(F)c3)ccc12. The first-order chi connectivity index (χ1) is 13.5. The van der Waals surface area contributed by atoms with Gasteiger partial charge in [-0.05, 0) is 48.7 Å². The molecule has 0 spiro atoms. The molecule has 1 heterocycles. The molecule has 0 aliphatic rings. The molecule has 0 aliphatic carbocycles. The topological polar surface area (TPSA) is 59.8 Å². The molecule has 5 nitrogen and oxygen atoms in total. The van der Waals surface area contributed by atoms with Crippen LogP contribution in [0.3, 0.4) is 0 Å². The lowest BCUT2D eigenvalue weighted by Gasteiger charge is -2.21. The van der Waals surface area contributed by atoms with E-state index in [0.717, 1.165) is 16.5 Å². The smallest absolute Gasteiger partial charge is 0.336 e. The lowest BCUT2D eigenvalue weighted by molar-refractivity contribution is -0.133. The molecule has 0 unspecified atom stereocenters. The predicted octanol–water partition coefficient (Wildman–Crippen LogP) is 3.92. The van der Waals surface area contributed by atoms with Crippen LogP contribution in [0.5, 0.6) is 5.75 Å². The van der Waals surface area contributed by atoms with Gasteiger partial charge >= 0.3 is 5.63 Å². The van der Waals surface area contributed by atoms with Crippen molar-refractivity contribution < 1.29 is 18.3 Å². The third kappa shape index (κ3) is 4.57. The Morgan fingerprint density at radius 3 is 2.68 bits per heavy atom. The summed E-state index contributed by atoms with van der Waals surface area (Å²) in [7, 11) is 0. The summed E-state index contributed by atoms with van der Waals surface area (Å²) in [4.78, 5) is 25.7. The lowest BCUT2D eigenvalue weighted by atomic mass is 10.1. The van der Waals surface area contributed by atoms with Crippen LogP contribution in [-0.2, 0) is 17.8 Å². The largest absolute Gasteiger partial charge is 0.484 e. The van der Waals surface area contributed by atoms with Crippen LogP contribution in [0.2, 0.25) is 0 Å². The maximum absolute atomic E-state index is 13.3. The summed E-state index contributed by atoms with van der Waals surface area (Å²) < 4.78 is 24.2. The first-order valence-electron chi connectivity index (χ1n) is 9.22. The zero-order valence-corrected chi connectivity index (χ0v) is 15.9. The minimum absolute atomic E-state index is 0.160. The molecule has 0 saturated heterocycles. The number of hydrogen-bond donors (Lipinski definition) is 0. The van der Waals surface area contributed by atoms with Crippen molar-refractivity contribution in [2.45, 2.75) is 26.8 Å². The molecule has 0 fully saturated rings. The number of amides is 1. The predicted molar refractivity (Wildman–Crippen MR) is 105 cm³/mol. The number of halogens is 1. The summed E-state index contributed by atoms with van der Waals surface area (Å²) in [6, 6.07) is 12.8. The second-order valence-electron chi connectivity index (χ2n) is 6.43. The molecular weight excluding hydrogens is 361 g/mol. The number of hydrogen-bond acceptors (Lipinski definition) is 4. The number of fused-ring (bicyclic) bond motifs is 1. The van der Waals surface area contributed by atoms with Crippen LogP contribution in [-0.4, -0.2) is 24.0 Å². The zero-order valence-electron chi connectivity index (χ0n) is 15.9. The van der Waals surface area contributed by atoms with Crippen LogP contribution in [0.4, 0.5) is 4.39 Å². The van der Waals surface area contributed by atoms with Gasteiger partial charge in [0.05, 0.1) is 0 Å². The Morgan fingerprint density at radius 2 is 1.96 bits per heavy atom. The summed E-state index contributed by atoms with van der Waals surface area (Å²) in [6.07, 6.45) is 0.715. The Labute approximate surface area is 162 Å². The summed E-state index contributed by atoms with van der Waals surface area (Å²) in [5.74, 6) is -0.101. The van der Waals surface area contributed by atoms with Gasteiger partial charge in [-0.3, -0.25) is 4.79 Å². The molecule has 0 bridgehead atoms. The molecule has 1 amide bonds. The van der Waals surface area contributed by atoms with E-state index in [-0.39, 0.29) is 18.3 Å². The second kappa shape index (κ2) is 8.69. The Kier molecular flexibility index (Phi) is 6.09. The van der Waals surface area contributed by atoms with E-state index >= 15 is 0 Å². The summed E-state index contributed by atoms with van der Waals surface area (Å²) >= 11 is 0. The molecule has 3 aromatic rings. The van der Waals surface area contributed by atoms with Crippen molar-refractivity contribution in [3.8, 4) is 5.75 Å². The van der Waals surface area contributed by atoms with E-state index < -0.39 is 5.63 Å². The molecule has 0 N–H and O–H groups in total. The van der Waals surface area contributed by atoms with Crippen LogP contribution in [0, 0.1) is 5.82 Å². The number of nitrogens with zero attached hydrogens (tertiary/aromatic N) is 1. The highest BCUT2D eigenvalue weighted by Crippen LogP contribution is 2.23. The van der Waals surface area contributed by atoms with Gasteiger partial charge in [-0.2, -0.15) is 0 Å². The lowest BCUT2D eigenvalue weighted by Crippen LogP contribution is -2.34. The van der Waals surface area contributed by atoms with Gasteiger partial charge in [0.2, 0.25) is 0 Å². The van der Waals surface area contributed by atoms with Gasteiger partial charge in [-0.15, -0.1) is 0 Å². The van der Waals surface area contributed by atoms with Crippen LogP contribution in [0.25, 0.3) is 11.0 Å². The van der Waals surface area contributed by atoms with Crippen molar-refractivity contribution in [1.29, 1.82) is 0 Å². The highest BCUT2D eigenvalue weighted by atomic mass is 19.1. The number of carbonyl (C=O) groups excluding carboxylic acids is 1. The van der Waals surface area contributed by atoms with E-state index in [1.807, 2.05) is 19.9 Å². The molecular formula is C22H22FNO4. The Bertz CT molecular complexity index is 1040. The van der Waals surface area contributed by atoms with Crippen LogP contribution >= 0.6 is 0 Å². The average molecular weight is 383 g/mol. The summed E-state index contributed by atoms with van der Waals surface area (Å²) in [6.45, 7) is 4.45. The number of likely N-dealkylation sites (N-methyl/N-ethyl adjacent to an activating group) is 1. The van der Waals surface area contributed by atoms with Crippen molar-refractivity contribution in [3.63, 3.8) is 0 Å². The standard InChI is InChI=1S/C22H22FNO4/c1-3-16-11-22(26)28-20-12-18(8-9-19(16)20)27-14-21(25)24(4-2)13-15-6-5-7-17(23)10-15/h5-12H,3-4,13-14H2,1-2H3. The van der Waals surface area contributed by atoms with Crippen molar-refractivity contribution in [2.75, 3.05) is 13.2 Å². The van der Waals surface area contributed by atoms with Gasteiger partial charge in [0.1, 0.15) is 17.1 Å². The van der Waals surface area contributed by atoms with Crippen LogP contribution in [0.15, 0.2) is 57.7 Å². The number of ether oxygens (including phenoxy) is 1. The van der Waals surface area contributed by atoms with E-state index in [4.69, 9.17) is 9.15 Å². The van der Waals surface area contributed by atoms with Gasteiger partial charge in [-0.1, -0.05) is 19.1 Å². The van der Waals surface area contributed by atoms with Crippen molar-refractivity contribution in [2.24, 2.45) is 0 Å². The second-order valence-corrected chi connectivity index (χ2v) is 6.43. The van der Waals surface area contributed by atoms with Gasteiger partial charge < -0.3 is 14.1 Å². The fraction of sp³-hybridized carbons (Fsp3) is 0.273. The Morgan fingerprint density at radius 1 is 1.14 bits per heavy atom. The monoisotopic (exact) mass is 383 g/mol. The van der Waals surface area contributed by atoms with E-state index in [1.165, 1.54) is 18.2 Å². The van der Waals surface area contributed by atoms with Crippen molar-refractivity contribution in [1.82, 2.24) is 4.90 Å². The van der Waals surface area contributed by atoms with E-state index in [0.29, 0.717) is 30.8 Å². The molecule has 0 atom stereocenters. The van der Waals surface area contributed by atoms with Gasteiger partial charge in [0, 0.05) is 30.6 Å². The molecule has 6 heteroatoms. The molecule has 0 saturated carbocycles. The van der Waals surface area contributed by atoms with Crippen molar-refractivity contribution in [3.05, 3.63) is 75.9 Å². The van der Waals surface area contributed by atoms with Crippen LogP contribution < -0.4 is 10.4 Å². The fourth-order valence-corrected chi connectivity index (χ4v) is 3.06. The minimum Gasteiger partial charge on any atom is -0.484 e. The molecule has 0 aliphatic heterocycles. The van der Waals surface area contributed by atoms with Gasteiger partial charge in [-0.25, -0.2) is 9.18 Å². The number of benzene rings is 2. The summed E-state index contributed by atoms with van der Waals surface area (Å²) in [5.41, 5.74) is 1.64. The van der Waals surface area contributed by atoms with E-state index in [2.05, 4.69) is 0 Å². The zero-order chi connectivity index (χ0) is 20.1. The quantitative estimate of drug-likeness (QED) is 0.580. The molecule has 1 aromatic heterocycles. The average Bonchev–Trinajstić information content (AvgIpc) is 2.69. The molecule has 28 heavy (non-hydrogen) atoms. The maximum atomic E-state index is 13.3. The molecule has 146 valence electrons. The first-order valence-corrected chi connectivity index (χ1v) is 9.22. The third-order valence-electron chi connectivity index (χ3n) is 4.54. The maximum Gasteiger partial charge on any atom is 0.336 e. The summed E-state index contributed by atoms with van der Waals surface area (Å²) in [5, 5.41) is 0.849. The molecule has 2 aromatic carbocycles. The Hall–Kier alpha value is -3.15. The van der Waals surface area contributed by atoms with Gasteiger partial charge in [0.15, 0.2) is 6.61 Å². The highest BCUT2D eigenvalue weighted by molar-refractivity contribution is 5.82. The third-order valence-corrected chi connectivity index (χ3v) is 4.54. The highest BCUT2D eigenvalue weighted by Gasteiger charge is 2.14. The van der Waals surface area contributed by atoms with Crippen LogP contribution in [0.1, 0.15) is 25.0 Å². The number of aryl methyl sites for hydroxylation is 1. The number of rotatable bonds is 7. The van der Waals surface area contributed by atoms with E-state index in [9.17, 15) is 14.0 Å². The van der Waals surface area contributed by atoms with Crippen molar-refractivity contribution >= 4 is 16.9 Å². The van der Waals surface area contributed by atoms with E-state index in [1.54, 1.807) is 29.2 Å². The normalized spacial score (nSPS) is 10.8. The molecule has 3 rings (SSSR count).